The Morgan fingerprint density at radius 2 is 1.95 bits per heavy atom. The Balaban J connectivity index is 1.62. The van der Waals surface area contributed by atoms with Gasteiger partial charge < -0.3 is 14.9 Å². The van der Waals surface area contributed by atoms with Crippen LogP contribution in [0.1, 0.15) is 32.1 Å². The number of alkyl halides is 1. The number of ether oxygens (including phenoxy) is 1. The molecule has 3 unspecified atom stereocenters. The fourth-order valence-corrected chi connectivity index (χ4v) is 2.94. The number of hydrogen-bond donors (Lipinski definition) is 2. The first-order chi connectivity index (χ1) is 9.09. The first kappa shape index (κ1) is 14.6. The van der Waals surface area contributed by atoms with Gasteiger partial charge in [-0.2, -0.15) is 0 Å². The summed E-state index contributed by atoms with van der Waals surface area (Å²) < 4.78 is 5.59. The van der Waals surface area contributed by atoms with Gasteiger partial charge in [-0.25, -0.2) is 0 Å². The fourth-order valence-electron chi connectivity index (χ4n) is 2.57. The summed E-state index contributed by atoms with van der Waals surface area (Å²) in [6, 6.07) is 9.70. The number of benzene rings is 1. The smallest absolute Gasteiger partial charge is 0.119 e. The fraction of sp³-hybridized carbons (Fsp3) is 0.600. The molecule has 0 spiro atoms. The second-order valence-corrected chi connectivity index (χ2v) is 5.90. The van der Waals surface area contributed by atoms with Gasteiger partial charge in [0.25, 0.3) is 0 Å². The third-order valence-electron chi connectivity index (χ3n) is 3.63. The van der Waals surface area contributed by atoms with Crippen molar-refractivity contribution in [2.75, 3.05) is 6.61 Å². The lowest BCUT2D eigenvalue weighted by atomic mass is 9.95. The van der Waals surface area contributed by atoms with Crippen molar-refractivity contribution in [3.8, 4) is 5.75 Å². The monoisotopic (exact) mass is 284 g/mol. The molecule has 4 heteroatoms. The third kappa shape index (κ3) is 4.37. The Morgan fingerprint density at radius 1 is 1.21 bits per heavy atom. The van der Waals surface area contributed by atoms with Crippen LogP contribution in [0.4, 0.5) is 0 Å². The predicted molar refractivity (Wildman–Crippen MR) is 75.6 cm³/mol. The number of aliphatic hydroxyl groups is 2. The van der Waals surface area contributed by atoms with Crippen LogP contribution in [0.2, 0.25) is 0 Å². The summed E-state index contributed by atoms with van der Waals surface area (Å²) in [5.41, 5.74) is -0.793. The molecule has 1 saturated carbocycles. The Labute approximate surface area is 119 Å². The summed E-state index contributed by atoms with van der Waals surface area (Å²) in [6.07, 6.45) is 2.73. The van der Waals surface area contributed by atoms with Gasteiger partial charge in [0.15, 0.2) is 0 Å². The van der Waals surface area contributed by atoms with E-state index in [0.29, 0.717) is 25.9 Å². The van der Waals surface area contributed by atoms with Gasteiger partial charge in [-0.15, -0.1) is 11.6 Å². The Bertz CT molecular complexity index is 372. The molecular formula is C15H21ClO3. The highest BCUT2D eigenvalue weighted by Gasteiger charge is 2.41. The van der Waals surface area contributed by atoms with Gasteiger partial charge in [-0.3, -0.25) is 0 Å². The minimum absolute atomic E-state index is 0.314. The molecule has 1 aliphatic carbocycles. The van der Waals surface area contributed by atoms with Crippen LogP contribution in [0.25, 0.3) is 0 Å². The zero-order valence-corrected chi connectivity index (χ0v) is 11.7. The molecule has 0 amide bonds. The zero-order valence-electron chi connectivity index (χ0n) is 11.0. The maximum absolute atomic E-state index is 10.3. The molecule has 0 radical (unpaired) electrons. The molecule has 0 saturated heterocycles. The van der Waals surface area contributed by atoms with E-state index < -0.39 is 11.7 Å². The highest BCUT2D eigenvalue weighted by molar-refractivity contribution is 6.21. The second kappa shape index (κ2) is 6.60. The standard InChI is InChI=1S/C15H21ClO3/c16-13-10-15(18,11-14(13)17)8-4-5-9-19-12-6-2-1-3-7-12/h1-3,6-7,13-14,17-18H,4-5,8-11H2. The third-order valence-corrected chi connectivity index (χ3v) is 4.08. The molecule has 0 heterocycles. The van der Waals surface area contributed by atoms with Crippen LogP contribution in [-0.4, -0.2) is 33.9 Å². The number of aliphatic hydroxyl groups excluding tert-OH is 1. The van der Waals surface area contributed by atoms with Gasteiger partial charge in [-0.1, -0.05) is 18.2 Å². The average Bonchev–Trinajstić information content (AvgIpc) is 2.64. The highest BCUT2D eigenvalue weighted by Crippen LogP contribution is 2.37. The lowest BCUT2D eigenvalue weighted by Gasteiger charge is -2.21. The van der Waals surface area contributed by atoms with Crippen LogP contribution in [0.5, 0.6) is 5.75 Å². The first-order valence-corrected chi connectivity index (χ1v) is 7.25. The molecule has 2 rings (SSSR count). The van der Waals surface area contributed by atoms with Crippen molar-refractivity contribution in [3.63, 3.8) is 0 Å². The number of rotatable bonds is 6. The van der Waals surface area contributed by atoms with E-state index in [1.54, 1.807) is 0 Å². The van der Waals surface area contributed by atoms with Crippen LogP contribution < -0.4 is 4.74 Å². The summed E-state index contributed by atoms with van der Waals surface area (Å²) in [7, 11) is 0. The SMILES string of the molecule is OC1CC(O)(CCCCOc2ccccc2)CC1Cl. The van der Waals surface area contributed by atoms with Gasteiger partial charge in [0.05, 0.1) is 23.7 Å². The lowest BCUT2D eigenvalue weighted by molar-refractivity contribution is 0.0216. The van der Waals surface area contributed by atoms with Crippen LogP contribution in [0, 0.1) is 0 Å². The van der Waals surface area contributed by atoms with Crippen molar-refractivity contribution in [1.29, 1.82) is 0 Å². The van der Waals surface area contributed by atoms with Gasteiger partial charge in [0.2, 0.25) is 0 Å². The molecule has 106 valence electrons. The zero-order chi connectivity index (χ0) is 13.7. The maximum Gasteiger partial charge on any atom is 0.119 e. The summed E-state index contributed by atoms with van der Waals surface area (Å²) in [4.78, 5) is 0. The molecule has 1 aromatic rings. The number of para-hydroxylation sites is 1. The van der Waals surface area contributed by atoms with E-state index in [1.807, 2.05) is 30.3 Å². The topological polar surface area (TPSA) is 49.7 Å². The Hall–Kier alpha value is -0.770. The second-order valence-electron chi connectivity index (χ2n) is 5.33. The summed E-state index contributed by atoms with van der Waals surface area (Å²) in [5, 5.41) is 19.5. The molecule has 1 aliphatic rings. The number of hydrogen-bond acceptors (Lipinski definition) is 3. The van der Waals surface area contributed by atoms with Crippen molar-refractivity contribution in [2.45, 2.75) is 49.2 Å². The van der Waals surface area contributed by atoms with Crippen molar-refractivity contribution < 1.29 is 14.9 Å². The van der Waals surface area contributed by atoms with E-state index in [0.717, 1.165) is 18.6 Å². The minimum Gasteiger partial charge on any atom is -0.494 e. The first-order valence-electron chi connectivity index (χ1n) is 6.81. The largest absolute Gasteiger partial charge is 0.494 e. The summed E-state index contributed by atoms with van der Waals surface area (Å²) in [5.74, 6) is 0.873. The minimum atomic E-state index is -0.793. The Kier molecular flexibility index (Phi) is 5.08. The molecule has 2 N–H and O–H groups in total. The molecular weight excluding hydrogens is 264 g/mol. The van der Waals surface area contributed by atoms with Crippen molar-refractivity contribution in [3.05, 3.63) is 30.3 Å². The van der Waals surface area contributed by atoms with Gasteiger partial charge >= 0.3 is 0 Å². The van der Waals surface area contributed by atoms with E-state index in [-0.39, 0.29) is 5.38 Å². The number of halogens is 1. The van der Waals surface area contributed by atoms with E-state index in [1.165, 1.54) is 0 Å². The molecule has 3 atom stereocenters. The molecule has 0 aliphatic heterocycles. The molecule has 1 aromatic carbocycles. The van der Waals surface area contributed by atoms with E-state index >= 15 is 0 Å². The highest BCUT2D eigenvalue weighted by atomic mass is 35.5. The normalized spacial score (nSPS) is 30.5. The van der Waals surface area contributed by atoms with E-state index in [9.17, 15) is 10.2 Å². The summed E-state index contributed by atoms with van der Waals surface area (Å²) >= 11 is 5.93. The van der Waals surface area contributed by atoms with Gasteiger partial charge in [0.1, 0.15) is 5.75 Å². The van der Waals surface area contributed by atoms with Crippen LogP contribution >= 0.6 is 11.6 Å². The van der Waals surface area contributed by atoms with Crippen LogP contribution in [0.15, 0.2) is 30.3 Å². The molecule has 3 nitrogen and oxygen atoms in total. The van der Waals surface area contributed by atoms with Crippen molar-refractivity contribution in [1.82, 2.24) is 0 Å². The quantitative estimate of drug-likeness (QED) is 0.624. The molecule has 19 heavy (non-hydrogen) atoms. The van der Waals surface area contributed by atoms with E-state index in [2.05, 4.69) is 0 Å². The van der Waals surface area contributed by atoms with Crippen LogP contribution in [-0.2, 0) is 0 Å². The van der Waals surface area contributed by atoms with Gasteiger partial charge in [-0.05, 0) is 37.8 Å². The summed E-state index contributed by atoms with van der Waals surface area (Å²) in [6.45, 7) is 0.646. The number of unbranched alkanes of at least 4 members (excludes halogenated alkanes) is 1. The van der Waals surface area contributed by atoms with Crippen LogP contribution in [0.3, 0.4) is 0 Å². The predicted octanol–water partition coefficient (Wildman–Crippen LogP) is 2.73. The van der Waals surface area contributed by atoms with Crippen molar-refractivity contribution >= 4 is 11.6 Å². The van der Waals surface area contributed by atoms with E-state index in [4.69, 9.17) is 16.3 Å². The molecule has 1 fully saturated rings. The van der Waals surface area contributed by atoms with Crippen molar-refractivity contribution in [2.24, 2.45) is 0 Å². The Morgan fingerprint density at radius 3 is 2.58 bits per heavy atom. The maximum atomic E-state index is 10.3. The lowest BCUT2D eigenvalue weighted by Crippen LogP contribution is -2.25. The average molecular weight is 285 g/mol. The molecule has 0 bridgehead atoms. The molecule has 0 aromatic heterocycles. The van der Waals surface area contributed by atoms with Gasteiger partial charge in [0, 0.05) is 6.42 Å².